The summed E-state index contributed by atoms with van der Waals surface area (Å²) in [4.78, 5) is 11.9. The van der Waals surface area contributed by atoms with Crippen LogP contribution in [0.2, 0.25) is 0 Å². The highest BCUT2D eigenvalue weighted by Gasteiger charge is 2.30. The molecule has 2 aromatic carbocycles. The number of thioether (sulfide) groups is 1. The molecule has 158 valence electrons. The summed E-state index contributed by atoms with van der Waals surface area (Å²) in [5, 5.41) is 13.8. The summed E-state index contributed by atoms with van der Waals surface area (Å²) < 4.78 is 54.4. The zero-order chi connectivity index (χ0) is 21.6. The van der Waals surface area contributed by atoms with E-state index in [-0.39, 0.29) is 29.8 Å². The van der Waals surface area contributed by atoms with Crippen molar-refractivity contribution in [2.75, 3.05) is 11.1 Å². The van der Waals surface area contributed by atoms with Gasteiger partial charge in [0.1, 0.15) is 11.6 Å². The average molecular weight is 458 g/mol. The Morgan fingerprint density at radius 1 is 1.10 bits per heavy atom. The van der Waals surface area contributed by atoms with Gasteiger partial charge in [-0.15, -0.1) is 23.4 Å². The lowest BCUT2D eigenvalue weighted by Gasteiger charge is -2.09. The van der Waals surface area contributed by atoms with E-state index in [0.29, 0.717) is 20.7 Å². The Morgan fingerprint density at radius 3 is 2.53 bits per heavy atom. The summed E-state index contributed by atoms with van der Waals surface area (Å²) in [6.07, 6.45) is -4.75. The van der Waals surface area contributed by atoms with Gasteiger partial charge in [-0.05, 0) is 30.3 Å². The van der Waals surface area contributed by atoms with Crippen molar-refractivity contribution in [3.63, 3.8) is 0 Å². The standard InChI is InChI=1S/C18H14F4N4O2S2/c19-14-4-2-1-3-11(14)9-23-15(27)10-29-17-26-25-16(30-17)24-12-5-7-13(8-6-12)28-18(20,21)22/h1-8H,9-10H2,(H,23,27)(H,24,25). The van der Waals surface area contributed by atoms with Gasteiger partial charge >= 0.3 is 6.36 Å². The first-order valence-electron chi connectivity index (χ1n) is 8.38. The van der Waals surface area contributed by atoms with Crippen LogP contribution in [0.1, 0.15) is 5.56 Å². The smallest absolute Gasteiger partial charge is 0.406 e. The van der Waals surface area contributed by atoms with E-state index in [1.165, 1.54) is 41.7 Å². The molecule has 1 amide bonds. The van der Waals surface area contributed by atoms with Crippen molar-refractivity contribution in [2.45, 2.75) is 17.2 Å². The van der Waals surface area contributed by atoms with Crippen molar-refractivity contribution in [1.29, 1.82) is 0 Å². The monoisotopic (exact) mass is 458 g/mol. The molecule has 0 spiro atoms. The van der Waals surface area contributed by atoms with E-state index >= 15 is 0 Å². The van der Waals surface area contributed by atoms with Gasteiger partial charge in [0.15, 0.2) is 4.34 Å². The zero-order valence-corrected chi connectivity index (χ0v) is 16.7. The van der Waals surface area contributed by atoms with Crippen LogP contribution in [0.3, 0.4) is 0 Å². The van der Waals surface area contributed by atoms with Crippen molar-refractivity contribution in [3.05, 3.63) is 59.9 Å². The van der Waals surface area contributed by atoms with Gasteiger partial charge in [0.25, 0.3) is 0 Å². The fraction of sp³-hybridized carbons (Fsp3) is 0.167. The van der Waals surface area contributed by atoms with Crippen molar-refractivity contribution in [1.82, 2.24) is 15.5 Å². The molecule has 0 fully saturated rings. The summed E-state index contributed by atoms with van der Waals surface area (Å²) >= 11 is 2.34. The molecular formula is C18H14F4N4O2S2. The highest BCUT2D eigenvalue weighted by molar-refractivity contribution is 8.01. The molecule has 0 radical (unpaired) electrons. The van der Waals surface area contributed by atoms with Crippen molar-refractivity contribution >= 4 is 39.8 Å². The third-order valence-electron chi connectivity index (χ3n) is 3.51. The van der Waals surface area contributed by atoms with Gasteiger partial charge in [-0.2, -0.15) is 0 Å². The maximum absolute atomic E-state index is 13.5. The second-order valence-corrected chi connectivity index (χ2v) is 7.93. The minimum atomic E-state index is -4.75. The van der Waals surface area contributed by atoms with Crippen LogP contribution in [0, 0.1) is 5.82 Å². The van der Waals surface area contributed by atoms with Crippen LogP contribution in [-0.4, -0.2) is 28.2 Å². The predicted molar refractivity (Wildman–Crippen MR) is 105 cm³/mol. The predicted octanol–water partition coefficient (Wildman–Crippen LogP) is 4.73. The number of nitrogens with zero attached hydrogens (tertiary/aromatic N) is 2. The number of anilines is 2. The van der Waals surface area contributed by atoms with E-state index in [0.717, 1.165) is 11.8 Å². The Kier molecular flexibility index (Phi) is 7.11. The van der Waals surface area contributed by atoms with E-state index in [2.05, 4.69) is 25.6 Å². The van der Waals surface area contributed by atoms with Gasteiger partial charge in [0, 0.05) is 17.8 Å². The number of alkyl halides is 3. The van der Waals surface area contributed by atoms with Gasteiger partial charge in [-0.1, -0.05) is 41.3 Å². The summed E-state index contributed by atoms with van der Waals surface area (Å²) in [6, 6.07) is 11.3. The van der Waals surface area contributed by atoms with Crippen LogP contribution in [-0.2, 0) is 11.3 Å². The van der Waals surface area contributed by atoms with Crippen LogP contribution in [0.5, 0.6) is 5.75 Å². The minimum absolute atomic E-state index is 0.0760. The molecular weight excluding hydrogens is 444 g/mol. The fourth-order valence-corrected chi connectivity index (χ4v) is 3.80. The molecule has 3 rings (SSSR count). The number of nitrogens with one attached hydrogen (secondary N) is 2. The lowest BCUT2D eigenvalue weighted by Crippen LogP contribution is -2.24. The molecule has 12 heteroatoms. The SMILES string of the molecule is O=C(CSc1nnc(Nc2ccc(OC(F)(F)F)cc2)s1)NCc1ccccc1F. The molecule has 0 aliphatic rings. The molecule has 0 aliphatic heterocycles. The molecule has 0 atom stereocenters. The van der Waals surface area contributed by atoms with Gasteiger partial charge in [0.05, 0.1) is 5.75 Å². The number of amides is 1. The largest absolute Gasteiger partial charge is 0.573 e. The number of carbonyl (C=O) groups is 1. The maximum Gasteiger partial charge on any atom is 0.573 e. The normalized spacial score (nSPS) is 11.2. The molecule has 30 heavy (non-hydrogen) atoms. The molecule has 0 unspecified atom stereocenters. The second-order valence-electron chi connectivity index (χ2n) is 5.73. The third-order valence-corrected chi connectivity index (χ3v) is 5.48. The molecule has 1 heterocycles. The molecule has 0 aliphatic carbocycles. The summed E-state index contributed by atoms with van der Waals surface area (Å²) in [5.74, 6) is -0.925. The van der Waals surface area contributed by atoms with Crippen LogP contribution < -0.4 is 15.4 Å². The van der Waals surface area contributed by atoms with Crippen molar-refractivity contribution in [2.24, 2.45) is 0 Å². The Labute approximate surface area is 176 Å². The number of benzene rings is 2. The van der Waals surface area contributed by atoms with E-state index in [4.69, 9.17) is 0 Å². The molecule has 0 saturated heterocycles. The first-order chi connectivity index (χ1) is 14.3. The summed E-state index contributed by atoms with van der Waals surface area (Å²) in [5.41, 5.74) is 0.893. The molecule has 0 bridgehead atoms. The highest BCUT2D eigenvalue weighted by atomic mass is 32.2. The van der Waals surface area contributed by atoms with E-state index in [9.17, 15) is 22.4 Å². The van der Waals surface area contributed by atoms with Crippen LogP contribution in [0.15, 0.2) is 52.9 Å². The molecule has 1 aromatic heterocycles. The Morgan fingerprint density at radius 2 is 1.83 bits per heavy atom. The summed E-state index contributed by atoms with van der Waals surface area (Å²) in [6.45, 7) is 0.0863. The van der Waals surface area contributed by atoms with E-state index < -0.39 is 6.36 Å². The first kappa shape index (κ1) is 21.8. The number of ether oxygens (including phenoxy) is 1. The number of hydrogen-bond acceptors (Lipinski definition) is 7. The van der Waals surface area contributed by atoms with Crippen LogP contribution in [0.25, 0.3) is 0 Å². The Hall–Kier alpha value is -2.86. The quantitative estimate of drug-likeness (QED) is 0.376. The number of rotatable bonds is 8. The average Bonchev–Trinajstić information content (AvgIpc) is 3.13. The van der Waals surface area contributed by atoms with E-state index in [1.54, 1.807) is 18.2 Å². The van der Waals surface area contributed by atoms with Gasteiger partial charge in [-0.3, -0.25) is 4.79 Å². The second kappa shape index (κ2) is 9.76. The number of halogens is 4. The number of carbonyl (C=O) groups excluding carboxylic acids is 1. The van der Waals surface area contributed by atoms with E-state index in [1.807, 2.05) is 0 Å². The number of aromatic nitrogens is 2. The number of hydrogen-bond donors (Lipinski definition) is 2. The van der Waals surface area contributed by atoms with Crippen molar-refractivity contribution < 1.29 is 27.1 Å². The van der Waals surface area contributed by atoms with Crippen molar-refractivity contribution in [3.8, 4) is 5.75 Å². The maximum atomic E-state index is 13.5. The summed E-state index contributed by atoms with van der Waals surface area (Å²) in [7, 11) is 0. The lowest BCUT2D eigenvalue weighted by molar-refractivity contribution is -0.274. The topological polar surface area (TPSA) is 76.1 Å². The highest BCUT2D eigenvalue weighted by Crippen LogP contribution is 2.29. The van der Waals surface area contributed by atoms with Crippen LogP contribution >= 0.6 is 23.1 Å². The van der Waals surface area contributed by atoms with Gasteiger partial charge in [0.2, 0.25) is 11.0 Å². The Bertz CT molecular complexity index is 996. The third kappa shape index (κ3) is 6.88. The van der Waals surface area contributed by atoms with Gasteiger partial charge < -0.3 is 15.4 Å². The molecule has 0 saturated carbocycles. The lowest BCUT2D eigenvalue weighted by atomic mass is 10.2. The van der Waals surface area contributed by atoms with Gasteiger partial charge in [-0.25, -0.2) is 4.39 Å². The molecule has 2 N–H and O–H groups in total. The molecule has 6 nitrogen and oxygen atoms in total. The minimum Gasteiger partial charge on any atom is -0.406 e. The fourth-order valence-electron chi connectivity index (χ4n) is 2.20. The molecule has 3 aromatic rings. The van der Waals surface area contributed by atoms with Crippen LogP contribution in [0.4, 0.5) is 28.4 Å². The zero-order valence-electron chi connectivity index (χ0n) is 15.1. The Balaban J connectivity index is 1.45. The first-order valence-corrected chi connectivity index (χ1v) is 10.2.